The fourth-order valence-corrected chi connectivity index (χ4v) is 4.98. The molecule has 1 amide bonds. The molecule has 27 heavy (non-hydrogen) atoms. The molecule has 2 aromatic heterocycles. The number of fused-ring (bicyclic) bond motifs is 1. The topological polar surface area (TPSA) is 50.2 Å². The van der Waals surface area contributed by atoms with Crippen molar-refractivity contribution in [1.82, 2.24) is 14.7 Å². The lowest BCUT2D eigenvalue weighted by atomic mass is 10.0. The van der Waals surface area contributed by atoms with Crippen LogP contribution in [-0.4, -0.2) is 39.9 Å². The second-order valence-electron chi connectivity index (χ2n) is 6.81. The molecular formula is C17H18BrF3N4OS. The zero-order valence-corrected chi connectivity index (χ0v) is 16.7. The first-order valence-electron chi connectivity index (χ1n) is 8.80. The summed E-state index contributed by atoms with van der Waals surface area (Å²) < 4.78 is 42.4. The number of nitrogens with zero attached hydrogens (tertiary/aromatic N) is 3. The van der Waals surface area contributed by atoms with Gasteiger partial charge in [0.05, 0.1) is 10.5 Å². The van der Waals surface area contributed by atoms with Gasteiger partial charge in [-0.2, -0.15) is 18.3 Å². The smallest absolute Gasteiger partial charge is 0.362 e. The van der Waals surface area contributed by atoms with Crippen molar-refractivity contribution in [3.8, 4) is 0 Å². The van der Waals surface area contributed by atoms with Crippen molar-refractivity contribution >= 4 is 39.0 Å². The Labute approximate surface area is 166 Å². The predicted molar refractivity (Wildman–Crippen MR) is 100 cm³/mol. The molecule has 146 valence electrons. The van der Waals surface area contributed by atoms with Gasteiger partial charge in [-0.25, -0.2) is 4.68 Å². The summed E-state index contributed by atoms with van der Waals surface area (Å²) >= 11 is 4.74. The number of carbonyl (C=O) groups excluding carboxylic acids is 1. The van der Waals surface area contributed by atoms with Crippen LogP contribution >= 0.6 is 27.3 Å². The number of hydrogen-bond donors (Lipinski definition) is 1. The Balaban J connectivity index is 1.72. The number of rotatable bonds is 2. The molecule has 4 rings (SSSR count). The summed E-state index contributed by atoms with van der Waals surface area (Å²) in [6, 6.07) is 1.38. The van der Waals surface area contributed by atoms with Gasteiger partial charge in [0.1, 0.15) is 5.82 Å². The van der Waals surface area contributed by atoms with Gasteiger partial charge >= 0.3 is 6.18 Å². The fraction of sp³-hybridized carbons (Fsp3) is 0.529. The van der Waals surface area contributed by atoms with Gasteiger partial charge in [-0.15, -0.1) is 11.3 Å². The van der Waals surface area contributed by atoms with Crippen LogP contribution in [0.5, 0.6) is 0 Å². The van der Waals surface area contributed by atoms with Crippen LogP contribution < -0.4 is 5.32 Å². The number of carbonyl (C=O) groups is 1. The number of anilines is 1. The largest absolute Gasteiger partial charge is 0.410 e. The van der Waals surface area contributed by atoms with E-state index in [2.05, 4.69) is 26.3 Å². The van der Waals surface area contributed by atoms with E-state index in [1.165, 1.54) is 11.3 Å². The minimum atomic E-state index is -4.46. The van der Waals surface area contributed by atoms with E-state index in [0.717, 1.165) is 28.8 Å². The molecule has 10 heteroatoms. The van der Waals surface area contributed by atoms with Crippen molar-refractivity contribution in [2.75, 3.05) is 18.4 Å². The van der Waals surface area contributed by atoms with Gasteiger partial charge in [0.2, 0.25) is 0 Å². The van der Waals surface area contributed by atoms with Gasteiger partial charge in [0, 0.05) is 24.4 Å². The fourth-order valence-electron chi connectivity index (χ4n) is 3.65. The summed E-state index contributed by atoms with van der Waals surface area (Å²) in [6.07, 6.45) is -1.75. The first-order chi connectivity index (χ1) is 12.9. The molecule has 5 nitrogen and oxygen atoms in total. The molecule has 0 unspecified atom stereocenters. The first-order valence-corrected chi connectivity index (χ1v) is 10.5. The molecule has 0 spiro atoms. The van der Waals surface area contributed by atoms with E-state index in [1.54, 1.807) is 4.90 Å². The Bertz CT molecular complexity index is 830. The first kappa shape index (κ1) is 18.8. The monoisotopic (exact) mass is 462 g/mol. The van der Waals surface area contributed by atoms with Crippen LogP contribution in [0.1, 0.15) is 53.1 Å². The molecule has 0 saturated carbocycles. The van der Waals surface area contributed by atoms with Gasteiger partial charge in [0.15, 0.2) is 11.7 Å². The van der Waals surface area contributed by atoms with Crippen LogP contribution in [-0.2, 0) is 0 Å². The number of amides is 1. The molecule has 1 saturated heterocycles. The van der Waals surface area contributed by atoms with E-state index in [-0.39, 0.29) is 23.8 Å². The van der Waals surface area contributed by atoms with E-state index in [4.69, 9.17) is 0 Å². The van der Waals surface area contributed by atoms with E-state index in [0.29, 0.717) is 17.6 Å². The van der Waals surface area contributed by atoms with Crippen molar-refractivity contribution < 1.29 is 18.0 Å². The minimum absolute atomic E-state index is 0.0421. The molecule has 2 aromatic rings. The molecule has 0 aliphatic carbocycles. The number of aromatic nitrogens is 2. The second-order valence-corrected chi connectivity index (χ2v) is 8.59. The average molecular weight is 463 g/mol. The van der Waals surface area contributed by atoms with Crippen molar-refractivity contribution in [3.63, 3.8) is 0 Å². The number of halogens is 4. The van der Waals surface area contributed by atoms with Crippen LogP contribution in [0.3, 0.4) is 0 Å². The van der Waals surface area contributed by atoms with E-state index < -0.39 is 18.3 Å². The maximum Gasteiger partial charge on any atom is 0.410 e. The molecular weight excluding hydrogens is 445 g/mol. The zero-order chi connectivity index (χ0) is 19.2. The Kier molecular flexibility index (Phi) is 4.96. The molecule has 4 heterocycles. The summed E-state index contributed by atoms with van der Waals surface area (Å²) in [5, 5.41) is 9.07. The summed E-state index contributed by atoms with van der Waals surface area (Å²) in [4.78, 5) is 15.3. The third-order valence-electron chi connectivity index (χ3n) is 5.03. The van der Waals surface area contributed by atoms with Crippen LogP contribution in [0.4, 0.5) is 19.0 Å². The Morgan fingerprint density at radius 3 is 2.67 bits per heavy atom. The van der Waals surface area contributed by atoms with Gasteiger partial charge < -0.3 is 10.2 Å². The van der Waals surface area contributed by atoms with Gasteiger partial charge in [-0.3, -0.25) is 4.79 Å². The molecule has 0 aromatic carbocycles. The standard InChI is InChI=1S/C17H18BrF3N4OS/c18-13-14(16(26)24-6-2-1-3-7-24)23-25-12(17(19,20)21)9-10(22-15(13)25)11-5-4-8-27-11/h4-5,8,10,12,22H,1-3,6-7,9H2/t10-,12+/m1/s1. The minimum Gasteiger partial charge on any atom is -0.362 e. The summed E-state index contributed by atoms with van der Waals surface area (Å²) in [5.41, 5.74) is 0.0421. The van der Waals surface area contributed by atoms with E-state index in [9.17, 15) is 18.0 Å². The van der Waals surface area contributed by atoms with Crippen molar-refractivity contribution in [3.05, 3.63) is 32.6 Å². The highest BCUT2D eigenvalue weighted by atomic mass is 79.9. The Morgan fingerprint density at radius 1 is 1.30 bits per heavy atom. The number of thiophene rings is 1. The number of piperidine rings is 1. The SMILES string of the molecule is O=C(c1nn2c(c1Br)N[C@@H](c1cccs1)C[C@H]2C(F)(F)F)N1CCCCC1. The number of hydrogen-bond acceptors (Lipinski definition) is 4. The third kappa shape index (κ3) is 3.49. The van der Waals surface area contributed by atoms with Crippen LogP contribution in [0.25, 0.3) is 0 Å². The second kappa shape index (κ2) is 7.12. The highest BCUT2D eigenvalue weighted by Gasteiger charge is 2.48. The van der Waals surface area contributed by atoms with Gasteiger partial charge in [0.25, 0.3) is 5.91 Å². The summed E-state index contributed by atoms with van der Waals surface area (Å²) in [7, 11) is 0. The molecule has 2 atom stereocenters. The number of nitrogens with one attached hydrogen (secondary N) is 1. The quantitative estimate of drug-likeness (QED) is 0.683. The molecule has 2 aliphatic rings. The van der Waals surface area contributed by atoms with Crippen LogP contribution in [0.2, 0.25) is 0 Å². The Hall–Kier alpha value is -1.55. The lowest BCUT2D eigenvalue weighted by molar-refractivity contribution is -0.173. The molecule has 1 N–H and O–H groups in total. The average Bonchev–Trinajstić information content (AvgIpc) is 3.29. The van der Waals surface area contributed by atoms with E-state index in [1.807, 2.05) is 17.5 Å². The highest BCUT2D eigenvalue weighted by molar-refractivity contribution is 9.10. The predicted octanol–water partition coefficient (Wildman–Crippen LogP) is 4.99. The lowest BCUT2D eigenvalue weighted by Crippen LogP contribution is -2.37. The van der Waals surface area contributed by atoms with Gasteiger partial charge in [-0.05, 0) is 46.6 Å². The van der Waals surface area contributed by atoms with Crippen molar-refractivity contribution in [1.29, 1.82) is 0 Å². The third-order valence-corrected chi connectivity index (χ3v) is 6.77. The highest BCUT2D eigenvalue weighted by Crippen LogP contribution is 2.47. The van der Waals surface area contributed by atoms with Crippen LogP contribution in [0.15, 0.2) is 22.0 Å². The van der Waals surface area contributed by atoms with Crippen molar-refractivity contribution in [2.24, 2.45) is 0 Å². The number of likely N-dealkylation sites (tertiary alicyclic amines) is 1. The Morgan fingerprint density at radius 2 is 2.04 bits per heavy atom. The molecule has 0 bridgehead atoms. The van der Waals surface area contributed by atoms with Crippen LogP contribution in [0, 0.1) is 0 Å². The van der Waals surface area contributed by atoms with Crippen molar-refractivity contribution in [2.45, 2.75) is 43.9 Å². The van der Waals surface area contributed by atoms with Gasteiger partial charge in [-0.1, -0.05) is 6.07 Å². The maximum atomic E-state index is 13.7. The lowest BCUT2D eigenvalue weighted by Gasteiger charge is -2.33. The molecule has 2 aliphatic heterocycles. The number of alkyl halides is 3. The molecule has 1 fully saturated rings. The normalized spacial score (nSPS) is 23.0. The maximum absolute atomic E-state index is 13.7. The zero-order valence-electron chi connectivity index (χ0n) is 14.3. The summed E-state index contributed by atoms with van der Waals surface area (Å²) in [5.74, 6) is -0.110. The van der Waals surface area contributed by atoms with E-state index >= 15 is 0 Å². The molecule has 0 radical (unpaired) electrons. The summed E-state index contributed by atoms with van der Waals surface area (Å²) in [6.45, 7) is 1.23.